The lowest BCUT2D eigenvalue weighted by Gasteiger charge is -2.28. The van der Waals surface area contributed by atoms with Crippen LogP contribution in [0, 0.1) is 0 Å². The van der Waals surface area contributed by atoms with E-state index in [9.17, 15) is 9.90 Å². The number of carboxylic acid groups (broad SMARTS) is 1. The van der Waals surface area contributed by atoms with Crippen molar-refractivity contribution in [2.24, 2.45) is 0 Å². The first-order valence-electron chi connectivity index (χ1n) is 18.1. The second-order valence-electron chi connectivity index (χ2n) is 13.3. The number of carbonyl (C=O) groups excluding carboxylic acids is 1. The fraction of sp³-hybridized carbons (Fsp3) is 0.667. The van der Waals surface area contributed by atoms with Gasteiger partial charge in [0.05, 0.1) is 37.9 Å². The first-order chi connectivity index (χ1) is 22.3. The number of benzene rings is 2. The van der Waals surface area contributed by atoms with Gasteiger partial charge in [-0.05, 0) is 73.4 Å². The van der Waals surface area contributed by atoms with Crippen molar-refractivity contribution in [2.75, 3.05) is 51.1 Å². The summed E-state index contributed by atoms with van der Waals surface area (Å²) in [5.74, 6) is -0.196. The van der Waals surface area contributed by atoms with Crippen LogP contribution in [-0.4, -0.2) is 69.3 Å². The summed E-state index contributed by atoms with van der Waals surface area (Å²) in [6.45, 7) is 14.0. The molecule has 0 spiro atoms. The first-order valence-corrected chi connectivity index (χ1v) is 20.6. The Morgan fingerprint density at radius 1 is 0.717 bits per heavy atom. The minimum absolute atomic E-state index is 0.0571. The van der Waals surface area contributed by atoms with Crippen LogP contribution in [0.15, 0.2) is 48.5 Å². The van der Waals surface area contributed by atoms with Crippen molar-refractivity contribution in [3.05, 3.63) is 59.7 Å². The number of epoxide rings is 2. The van der Waals surface area contributed by atoms with Crippen LogP contribution in [0.25, 0.3) is 0 Å². The van der Waals surface area contributed by atoms with Gasteiger partial charge in [-0.25, -0.2) is 0 Å². The molecule has 4 rings (SSSR count). The van der Waals surface area contributed by atoms with Gasteiger partial charge >= 0.3 is 0 Å². The summed E-state index contributed by atoms with van der Waals surface area (Å²) in [4.78, 5) is 11.8. The summed E-state index contributed by atoms with van der Waals surface area (Å²) in [5.41, 5.74) is 1.78. The molecule has 7 heteroatoms. The largest absolute Gasteiger partial charge is 0.549 e. The number of hydrogen-bond donors (Lipinski definition) is 0. The number of ether oxygens (including phenoxy) is 4. The van der Waals surface area contributed by atoms with Crippen molar-refractivity contribution in [1.29, 1.82) is 0 Å². The molecule has 2 aliphatic heterocycles. The Morgan fingerprint density at radius 3 is 1.41 bits per heavy atom. The predicted octanol–water partition coefficient (Wildman–Crippen LogP) is 8.47. The highest BCUT2D eigenvalue weighted by Crippen LogP contribution is 2.61. The number of hydrogen-bond acceptors (Lipinski definition) is 6. The second kappa shape index (κ2) is 21.0. The maximum atomic E-state index is 11.8. The van der Waals surface area contributed by atoms with E-state index in [1.54, 1.807) is 48.9 Å². The lowest BCUT2D eigenvalue weighted by Crippen LogP contribution is -2.30. The zero-order chi connectivity index (χ0) is 33.2. The summed E-state index contributed by atoms with van der Waals surface area (Å²) in [6, 6.07) is 15.0. The standard InChI is InChI=1S/C23H26O6.C16H36P/c1-15(16-2-6-18(7-3-16)26-11-20-13-28-20)10-22(23(24)25)17-4-8-19(9-5-17)27-12-21-14-29-21;1-5-9-13-17(14-10-6-2,15-11-7-3)16-12-8-4/h2-9,15,20-22H,10-14H2,1H3,(H,24,25);5-16H2,1-4H3/q;+1/p-1. The smallest absolute Gasteiger partial charge is 0.119 e. The normalized spacial score (nSPS) is 18.2. The Kier molecular flexibility index (Phi) is 17.5. The molecule has 6 nitrogen and oxygen atoms in total. The fourth-order valence-corrected chi connectivity index (χ4v) is 11.2. The lowest BCUT2D eigenvalue weighted by atomic mass is 9.86. The van der Waals surface area contributed by atoms with Gasteiger partial charge in [0.2, 0.25) is 0 Å². The molecule has 2 saturated heterocycles. The van der Waals surface area contributed by atoms with Gasteiger partial charge in [-0.15, -0.1) is 0 Å². The van der Waals surface area contributed by atoms with Crippen molar-refractivity contribution in [2.45, 2.75) is 116 Å². The van der Waals surface area contributed by atoms with Crippen LogP contribution in [0.2, 0.25) is 0 Å². The maximum absolute atomic E-state index is 11.8. The number of rotatable bonds is 23. The van der Waals surface area contributed by atoms with Crippen LogP contribution < -0.4 is 14.6 Å². The molecule has 258 valence electrons. The maximum Gasteiger partial charge on any atom is 0.119 e. The predicted molar refractivity (Wildman–Crippen MR) is 190 cm³/mol. The average molecular weight is 657 g/mol. The van der Waals surface area contributed by atoms with Crippen LogP contribution in [-0.2, 0) is 14.3 Å². The SMILES string of the molecule is CC(CC(C(=O)[O-])c1ccc(OCC2CO2)cc1)c1ccc(OCC2CO2)cc1.CCCC[P+](CCCC)(CCCC)CCCC. The van der Waals surface area contributed by atoms with Gasteiger partial charge in [-0.2, -0.15) is 0 Å². The van der Waals surface area contributed by atoms with Crippen molar-refractivity contribution in [1.82, 2.24) is 0 Å². The Hall–Kier alpha value is -2.14. The number of aliphatic carboxylic acids is 1. The molecule has 2 fully saturated rings. The molecule has 0 saturated carbocycles. The van der Waals surface area contributed by atoms with Crippen molar-refractivity contribution in [3.63, 3.8) is 0 Å². The van der Waals surface area contributed by atoms with Gasteiger partial charge in [0, 0.05) is 19.1 Å². The third kappa shape index (κ3) is 14.3. The minimum atomic E-state index is -1.07. The number of carboxylic acids is 1. The fourth-order valence-electron chi connectivity index (χ4n) is 5.90. The summed E-state index contributed by atoms with van der Waals surface area (Å²) < 4.78 is 21.5. The third-order valence-electron chi connectivity index (χ3n) is 9.23. The highest BCUT2D eigenvalue weighted by molar-refractivity contribution is 7.75. The van der Waals surface area contributed by atoms with Crippen LogP contribution in [0.3, 0.4) is 0 Å². The van der Waals surface area contributed by atoms with Crippen LogP contribution >= 0.6 is 7.26 Å². The van der Waals surface area contributed by atoms with E-state index in [1.165, 1.54) is 51.4 Å². The number of unbranched alkanes of at least 4 members (excludes halogenated alkanes) is 4. The van der Waals surface area contributed by atoms with Gasteiger partial charge < -0.3 is 28.8 Å². The molecule has 2 heterocycles. The van der Waals surface area contributed by atoms with E-state index in [-0.39, 0.29) is 18.1 Å². The second-order valence-corrected chi connectivity index (χ2v) is 17.8. The highest BCUT2D eigenvalue weighted by atomic mass is 31.2. The van der Waals surface area contributed by atoms with Crippen LogP contribution in [0.1, 0.15) is 115 Å². The molecule has 2 aromatic rings. The summed E-state index contributed by atoms with van der Waals surface area (Å²) in [7, 11) is -0.562. The first kappa shape index (κ1) is 38.3. The highest BCUT2D eigenvalue weighted by Gasteiger charge is 2.34. The van der Waals surface area contributed by atoms with Crippen molar-refractivity contribution >= 4 is 13.2 Å². The van der Waals surface area contributed by atoms with E-state index >= 15 is 0 Å². The molecule has 0 aromatic heterocycles. The quantitative estimate of drug-likeness (QED) is 0.0882. The molecule has 0 N–H and O–H groups in total. The van der Waals surface area contributed by atoms with Crippen LogP contribution in [0.4, 0.5) is 0 Å². The van der Waals surface area contributed by atoms with Gasteiger partial charge in [0.25, 0.3) is 0 Å². The zero-order valence-corrected chi connectivity index (χ0v) is 30.2. The van der Waals surface area contributed by atoms with Crippen molar-refractivity contribution < 1.29 is 28.8 Å². The molecular formula is C39H61O6P. The van der Waals surface area contributed by atoms with Gasteiger partial charge in [-0.1, -0.05) is 84.6 Å². The van der Waals surface area contributed by atoms with E-state index < -0.39 is 19.1 Å². The molecule has 0 amide bonds. The molecule has 4 unspecified atom stereocenters. The molecule has 2 aliphatic rings. The molecule has 4 atom stereocenters. The van der Waals surface area contributed by atoms with E-state index in [4.69, 9.17) is 18.9 Å². The van der Waals surface area contributed by atoms with Crippen molar-refractivity contribution in [3.8, 4) is 11.5 Å². The summed E-state index contributed by atoms with van der Waals surface area (Å²) >= 11 is 0. The monoisotopic (exact) mass is 656 g/mol. The molecule has 0 aliphatic carbocycles. The Morgan fingerprint density at radius 2 is 1.09 bits per heavy atom. The molecule has 0 radical (unpaired) electrons. The third-order valence-corrected chi connectivity index (χ3v) is 14.3. The van der Waals surface area contributed by atoms with Gasteiger partial charge in [0.15, 0.2) is 0 Å². The minimum Gasteiger partial charge on any atom is -0.549 e. The topological polar surface area (TPSA) is 83.7 Å². The molecule has 46 heavy (non-hydrogen) atoms. The van der Waals surface area contributed by atoms with E-state index in [0.29, 0.717) is 25.4 Å². The van der Waals surface area contributed by atoms with Gasteiger partial charge in [-0.3, -0.25) is 0 Å². The summed E-state index contributed by atoms with van der Waals surface area (Å²) in [5, 5.41) is 11.8. The van der Waals surface area contributed by atoms with Crippen LogP contribution in [0.5, 0.6) is 11.5 Å². The zero-order valence-electron chi connectivity index (χ0n) is 29.3. The molecule has 2 aromatic carbocycles. The van der Waals surface area contributed by atoms with E-state index in [2.05, 4.69) is 27.7 Å². The Labute approximate surface area is 280 Å². The van der Waals surface area contributed by atoms with E-state index in [0.717, 1.165) is 30.1 Å². The average Bonchev–Trinajstić information content (AvgIpc) is 4.01. The van der Waals surface area contributed by atoms with Gasteiger partial charge in [0.1, 0.15) is 36.9 Å². The molecule has 0 bridgehead atoms. The number of carbonyl (C=O) groups is 1. The Balaban J connectivity index is 0.000000292. The summed E-state index contributed by atoms with van der Waals surface area (Å²) in [6.07, 6.45) is 18.8. The molecular weight excluding hydrogens is 595 g/mol. The van der Waals surface area contributed by atoms with E-state index in [1.807, 2.05) is 31.2 Å². The Bertz CT molecular complexity index is 1060. The lowest BCUT2D eigenvalue weighted by molar-refractivity contribution is -0.308.